The van der Waals surface area contributed by atoms with Gasteiger partial charge in [-0.3, -0.25) is 19.2 Å². The fraction of sp³-hybridized carbons (Fsp3) is 0.389. The first kappa shape index (κ1) is 27.5. The van der Waals surface area contributed by atoms with E-state index >= 15 is 0 Å². The summed E-state index contributed by atoms with van der Waals surface area (Å²) >= 11 is 0. The van der Waals surface area contributed by atoms with Crippen LogP contribution >= 0.6 is 0 Å². The molecule has 0 aromatic heterocycles. The molecule has 4 saturated heterocycles. The maximum atomic E-state index is 14.5. The molecule has 4 amide bonds. The van der Waals surface area contributed by atoms with Crippen molar-refractivity contribution in [3.63, 3.8) is 0 Å². The second-order valence-corrected chi connectivity index (χ2v) is 14.0. The molecule has 9 rings (SSSR count). The number of nitrogens with zero attached hydrogens (tertiary/aromatic N) is 2. The van der Waals surface area contributed by atoms with E-state index in [-0.39, 0.29) is 29.5 Å². The summed E-state index contributed by atoms with van der Waals surface area (Å²) in [5.41, 5.74) is 3.13. The molecule has 0 saturated carbocycles. The molecule has 8 atom stereocenters. The van der Waals surface area contributed by atoms with Crippen LogP contribution in [0.4, 0.5) is 11.4 Å². The Bertz CT molecular complexity index is 1830. The van der Waals surface area contributed by atoms with Crippen molar-refractivity contribution in [2.45, 2.75) is 80.4 Å². The number of hydrogen-bond donors (Lipinski definition) is 4. The van der Waals surface area contributed by atoms with Crippen LogP contribution in [-0.4, -0.2) is 69.9 Å². The van der Waals surface area contributed by atoms with Gasteiger partial charge < -0.3 is 31.1 Å². The first-order valence-electron chi connectivity index (χ1n) is 16.3. The summed E-state index contributed by atoms with van der Waals surface area (Å²) in [5.74, 6) is -0.654. The van der Waals surface area contributed by atoms with Gasteiger partial charge in [-0.25, -0.2) is 0 Å². The Balaban J connectivity index is 1.24. The van der Waals surface area contributed by atoms with Crippen LogP contribution in [0, 0.1) is 5.92 Å². The maximum absolute atomic E-state index is 14.5. The van der Waals surface area contributed by atoms with Crippen molar-refractivity contribution in [3.05, 3.63) is 95.6 Å². The Morgan fingerprint density at radius 3 is 1.72 bits per heavy atom. The van der Waals surface area contributed by atoms with Crippen molar-refractivity contribution in [3.8, 4) is 0 Å². The molecule has 4 fully saturated rings. The molecule has 6 aliphatic heterocycles. The first-order chi connectivity index (χ1) is 22.3. The van der Waals surface area contributed by atoms with Gasteiger partial charge in [0.05, 0.1) is 10.8 Å². The van der Waals surface area contributed by atoms with Crippen LogP contribution in [0.5, 0.6) is 0 Å². The van der Waals surface area contributed by atoms with Crippen molar-refractivity contribution in [2.75, 3.05) is 10.6 Å². The fourth-order valence-electron chi connectivity index (χ4n) is 9.81. The number of carbonyl (C=O) groups is 4. The van der Waals surface area contributed by atoms with Gasteiger partial charge in [-0.1, -0.05) is 80.6 Å². The third-order valence-electron chi connectivity index (χ3n) is 11.6. The summed E-state index contributed by atoms with van der Waals surface area (Å²) in [6.07, 6.45) is -0.0122. The van der Waals surface area contributed by atoms with Crippen LogP contribution in [0.1, 0.15) is 43.4 Å². The molecule has 46 heavy (non-hydrogen) atoms. The van der Waals surface area contributed by atoms with E-state index in [1.165, 1.54) is 0 Å². The summed E-state index contributed by atoms with van der Waals surface area (Å²) in [5, 5.41) is 13.5. The second-order valence-electron chi connectivity index (χ2n) is 14.0. The number of anilines is 2. The molecular formula is C36H36N6O4. The Kier molecular flexibility index (Phi) is 5.57. The van der Waals surface area contributed by atoms with Crippen molar-refractivity contribution in [2.24, 2.45) is 5.92 Å². The Hall–Kier alpha value is -4.86. The van der Waals surface area contributed by atoms with Crippen molar-refractivity contribution < 1.29 is 19.2 Å². The number of amides is 4. The minimum Gasteiger partial charge on any atom is -0.364 e. The highest BCUT2D eigenvalue weighted by molar-refractivity contribution is 6.01. The Morgan fingerprint density at radius 2 is 1.15 bits per heavy atom. The van der Waals surface area contributed by atoms with Crippen LogP contribution in [0.2, 0.25) is 0 Å². The smallest absolute Gasteiger partial charge is 0.247 e. The van der Waals surface area contributed by atoms with E-state index in [1.54, 1.807) is 9.80 Å². The van der Waals surface area contributed by atoms with Crippen LogP contribution in [0.15, 0.2) is 78.9 Å². The zero-order chi connectivity index (χ0) is 31.5. The van der Waals surface area contributed by atoms with E-state index in [1.807, 2.05) is 80.6 Å². The van der Waals surface area contributed by atoms with Crippen molar-refractivity contribution in [1.82, 2.24) is 20.4 Å². The zero-order valence-corrected chi connectivity index (χ0v) is 25.7. The highest BCUT2D eigenvalue weighted by Crippen LogP contribution is 2.68. The van der Waals surface area contributed by atoms with Gasteiger partial charge in [-0.2, -0.15) is 0 Å². The summed E-state index contributed by atoms with van der Waals surface area (Å²) in [4.78, 5) is 60.3. The molecule has 6 heterocycles. The number of rotatable bonds is 4. The van der Waals surface area contributed by atoms with Crippen LogP contribution < -0.4 is 21.3 Å². The number of carbonyl (C=O) groups excluding carboxylic acids is 4. The predicted molar refractivity (Wildman–Crippen MR) is 170 cm³/mol. The fourth-order valence-corrected chi connectivity index (χ4v) is 9.81. The van der Waals surface area contributed by atoms with Crippen LogP contribution in [0.25, 0.3) is 0 Å². The highest BCUT2D eigenvalue weighted by atomic mass is 16.2. The molecule has 3 aromatic carbocycles. The molecule has 0 radical (unpaired) electrons. The lowest BCUT2D eigenvalue weighted by atomic mass is 9.54. The molecule has 10 heteroatoms. The molecule has 0 spiro atoms. The average molecular weight is 617 g/mol. The number of fused-ring (bicyclic) bond motifs is 11. The average Bonchev–Trinajstić information content (AvgIpc) is 3.76. The largest absolute Gasteiger partial charge is 0.364 e. The topological polar surface area (TPSA) is 123 Å². The third-order valence-corrected chi connectivity index (χ3v) is 11.6. The van der Waals surface area contributed by atoms with Gasteiger partial charge in [0.15, 0.2) is 0 Å². The minimum absolute atomic E-state index is 0.0840. The lowest BCUT2D eigenvalue weighted by molar-refractivity contribution is -0.150. The first-order valence-corrected chi connectivity index (χ1v) is 16.3. The van der Waals surface area contributed by atoms with E-state index in [2.05, 4.69) is 33.4 Å². The molecule has 4 N–H and O–H groups in total. The molecule has 2 unspecified atom stereocenters. The Morgan fingerprint density at radius 1 is 0.652 bits per heavy atom. The van der Waals surface area contributed by atoms with E-state index in [0.29, 0.717) is 19.3 Å². The van der Waals surface area contributed by atoms with Gasteiger partial charge >= 0.3 is 0 Å². The molecular weight excluding hydrogens is 580 g/mol. The van der Waals surface area contributed by atoms with E-state index in [4.69, 9.17) is 0 Å². The lowest BCUT2D eigenvalue weighted by Crippen LogP contribution is -2.67. The van der Waals surface area contributed by atoms with Gasteiger partial charge in [0.1, 0.15) is 36.5 Å². The molecule has 10 nitrogen and oxygen atoms in total. The van der Waals surface area contributed by atoms with Crippen LogP contribution in [0.3, 0.4) is 0 Å². The van der Waals surface area contributed by atoms with Gasteiger partial charge in [-0.05, 0) is 47.6 Å². The van der Waals surface area contributed by atoms with Gasteiger partial charge in [0.2, 0.25) is 23.6 Å². The van der Waals surface area contributed by atoms with Gasteiger partial charge in [0, 0.05) is 17.8 Å². The summed E-state index contributed by atoms with van der Waals surface area (Å²) in [6, 6.07) is 23.2. The normalized spacial score (nSPS) is 34.9. The Labute approximate surface area is 266 Å². The predicted octanol–water partition coefficient (Wildman–Crippen LogP) is 2.46. The molecule has 234 valence electrons. The highest BCUT2D eigenvalue weighted by Gasteiger charge is 2.78. The zero-order valence-electron chi connectivity index (χ0n) is 25.7. The monoisotopic (exact) mass is 616 g/mol. The van der Waals surface area contributed by atoms with Crippen LogP contribution in [-0.2, 0) is 36.4 Å². The molecule has 0 bridgehead atoms. The number of hydrogen-bond acceptors (Lipinski definition) is 6. The number of benzene rings is 3. The van der Waals surface area contributed by atoms with Crippen molar-refractivity contribution >= 4 is 35.0 Å². The summed E-state index contributed by atoms with van der Waals surface area (Å²) in [6.45, 7) is 3.89. The maximum Gasteiger partial charge on any atom is 0.247 e. The SMILES string of the molecule is CC(C)[C@@H]1NC(=O)[C@@H]2CC3(C45C[C@H]6C(=O)N[C@@H](Cc7ccccc7)C(=O)N6[C@H]4Nc4ccccc45)c4ccccc4N[C@@H]3N2C1=O. The summed E-state index contributed by atoms with van der Waals surface area (Å²) < 4.78 is 0. The van der Waals surface area contributed by atoms with Crippen molar-refractivity contribution in [1.29, 1.82) is 0 Å². The van der Waals surface area contributed by atoms with Gasteiger partial charge in [-0.15, -0.1) is 0 Å². The number of nitrogens with one attached hydrogen (secondary N) is 4. The van der Waals surface area contributed by atoms with Gasteiger partial charge in [0.25, 0.3) is 0 Å². The summed E-state index contributed by atoms with van der Waals surface area (Å²) in [7, 11) is 0. The lowest BCUT2D eigenvalue weighted by Gasteiger charge is -2.48. The standard InChI is InChI=1S/C36H36N6O4/c1-19(2)28-32(46)42-27(30(44)40-28)18-36(22-13-7-9-15-24(22)39-34(36)42)35-17-26-29(43)37-25(16-20-10-4-3-5-11-20)31(45)41(26)33(35)38-23-14-8-6-12-21(23)35/h3-15,19,25-28,33-34,38-39H,16-18H2,1-2H3,(H,37,43)(H,40,44)/t25-,26-,27-,28-,33+,34+,35?,36?/m0/s1. The van der Waals surface area contributed by atoms with E-state index in [0.717, 1.165) is 28.1 Å². The molecule has 3 aromatic rings. The van der Waals surface area contributed by atoms with E-state index < -0.39 is 47.3 Å². The second kappa shape index (κ2) is 9.34. The molecule has 6 aliphatic rings. The van der Waals surface area contributed by atoms with E-state index in [9.17, 15) is 19.2 Å². The number of piperazine rings is 2. The minimum atomic E-state index is -0.835. The molecule has 0 aliphatic carbocycles. The quantitative estimate of drug-likeness (QED) is 0.357. The third kappa shape index (κ3) is 3.26. The number of para-hydroxylation sites is 2.